The van der Waals surface area contributed by atoms with Gasteiger partial charge in [0.25, 0.3) is 0 Å². The largest absolute Gasteiger partial charge is 0.351 e. The fourth-order valence-electron chi connectivity index (χ4n) is 4.46. The van der Waals surface area contributed by atoms with Crippen LogP contribution >= 0.6 is 0 Å². The highest BCUT2D eigenvalue weighted by molar-refractivity contribution is 5.91. The molecule has 2 aliphatic heterocycles. The number of hydrogen-bond acceptors (Lipinski definition) is 4. The number of Topliss-reactive ketones (excluding diaryl/α,β-unsaturated/α-hetero) is 1. The second kappa shape index (κ2) is 6.07. The van der Waals surface area contributed by atoms with Crippen LogP contribution in [0.1, 0.15) is 24.0 Å². The van der Waals surface area contributed by atoms with Crippen molar-refractivity contribution in [1.29, 1.82) is 10.5 Å². The van der Waals surface area contributed by atoms with Gasteiger partial charge in [0.1, 0.15) is 5.82 Å². The highest BCUT2D eigenvalue weighted by Crippen LogP contribution is 2.55. The Morgan fingerprint density at radius 1 is 1.11 bits per heavy atom. The SMILES string of the molecule is CC(=O)C1C(c2ccccc2F)C(C#N)(C#N)C2C=Cc3ccccc3N12. The van der Waals surface area contributed by atoms with Gasteiger partial charge in [-0.2, -0.15) is 10.5 Å². The van der Waals surface area contributed by atoms with E-state index in [1.807, 2.05) is 35.2 Å². The zero-order valence-corrected chi connectivity index (χ0v) is 14.6. The minimum Gasteiger partial charge on any atom is -0.351 e. The Hall–Kier alpha value is -3.44. The summed E-state index contributed by atoms with van der Waals surface area (Å²) in [4.78, 5) is 14.5. The van der Waals surface area contributed by atoms with Crippen LogP contribution in [0.5, 0.6) is 0 Å². The summed E-state index contributed by atoms with van der Waals surface area (Å²) in [7, 11) is 0. The molecular weight excluding hydrogens is 341 g/mol. The highest BCUT2D eigenvalue weighted by atomic mass is 19.1. The Morgan fingerprint density at radius 2 is 1.78 bits per heavy atom. The number of halogens is 1. The van der Waals surface area contributed by atoms with Crippen LogP contribution in [0.25, 0.3) is 6.08 Å². The first-order chi connectivity index (χ1) is 13.0. The summed E-state index contributed by atoms with van der Waals surface area (Å²) < 4.78 is 14.7. The summed E-state index contributed by atoms with van der Waals surface area (Å²) in [5.74, 6) is -1.61. The predicted octanol–water partition coefficient (Wildman–Crippen LogP) is 3.82. The minimum atomic E-state index is -1.58. The summed E-state index contributed by atoms with van der Waals surface area (Å²) in [6.45, 7) is 1.43. The van der Waals surface area contributed by atoms with Crippen LogP contribution in [0.4, 0.5) is 10.1 Å². The number of carbonyl (C=O) groups excluding carboxylic acids is 1. The molecule has 4 nitrogen and oxygen atoms in total. The Balaban J connectivity index is 2.03. The third-order valence-corrected chi connectivity index (χ3v) is 5.57. The van der Waals surface area contributed by atoms with Crippen LogP contribution in [0.2, 0.25) is 0 Å². The number of carbonyl (C=O) groups is 1. The minimum absolute atomic E-state index is 0.203. The lowest BCUT2D eigenvalue weighted by molar-refractivity contribution is -0.118. The fraction of sp³-hybridized carbons (Fsp3) is 0.227. The van der Waals surface area contributed by atoms with E-state index in [0.29, 0.717) is 0 Å². The molecule has 0 amide bonds. The summed E-state index contributed by atoms with van der Waals surface area (Å²) >= 11 is 0. The van der Waals surface area contributed by atoms with Crippen LogP contribution in [0, 0.1) is 33.9 Å². The number of ketones is 1. The van der Waals surface area contributed by atoms with Crippen molar-refractivity contribution >= 4 is 17.5 Å². The lowest BCUT2D eigenvalue weighted by Gasteiger charge is -2.35. The first-order valence-corrected chi connectivity index (χ1v) is 8.68. The van der Waals surface area contributed by atoms with E-state index in [4.69, 9.17) is 0 Å². The van der Waals surface area contributed by atoms with Gasteiger partial charge in [0.15, 0.2) is 11.2 Å². The monoisotopic (exact) mass is 357 g/mol. The van der Waals surface area contributed by atoms with Crippen LogP contribution < -0.4 is 4.90 Å². The van der Waals surface area contributed by atoms with E-state index in [-0.39, 0.29) is 11.3 Å². The first-order valence-electron chi connectivity index (χ1n) is 8.68. The smallest absolute Gasteiger partial charge is 0.176 e. The zero-order valence-electron chi connectivity index (χ0n) is 14.6. The number of hydrogen-bond donors (Lipinski definition) is 0. The number of benzene rings is 2. The molecule has 3 atom stereocenters. The van der Waals surface area contributed by atoms with Gasteiger partial charge in [0, 0.05) is 11.6 Å². The van der Waals surface area contributed by atoms with E-state index >= 15 is 0 Å². The third kappa shape index (κ3) is 2.22. The van der Waals surface area contributed by atoms with Crippen LogP contribution in [0.15, 0.2) is 54.6 Å². The van der Waals surface area contributed by atoms with E-state index in [0.717, 1.165) is 11.3 Å². The molecule has 132 valence electrons. The third-order valence-electron chi connectivity index (χ3n) is 5.57. The van der Waals surface area contributed by atoms with Gasteiger partial charge in [-0.05, 0) is 30.2 Å². The molecule has 2 aromatic carbocycles. The molecule has 0 aromatic heterocycles. The number of fused-ring (bicyclic) bond motifs is 3. The summed E-state index contributed by atoms with van der Waals surface area (Å²) in [5.41, 5.74) is 0.321. The summed E-state index contributed by atoms with van der Waals surface area (Å²) in [5, 5.41) is 20.1. The van der Waals surface area contributed by atoms with E-state index in [1.54, 1.807) is 24.3 Å². The van der Waals surface area contributed by atoms with Gasteiger partial charge >= 0.3 is 0 Å². The topological polar surface area (TPSA) is 67.9 Å². The molecule has 2 heterocycles. The molecule has 0 saturated carbocycles. The maximum Gasteiger partial charge on any atom is 0.176 e. The Labute approximate surface area is 156 Å². The Morgan fingerprint density at radius 3 is 2.44 bits per heavy atom. The van der Waals surface area contributed by atoms with Crippen LogP contribution in [-0.4, -0.2) is 17.9 Å². The summed E-state index contributed by atoms with van der Waals surface area (Å²) in [6, 6.07) is 16.4. The predicted molar refractivity (Wildman–Crippen MR) is 99.0 cm³/mol. The molecule has 0 aliphatic carbocycles. The van der Waals surface area contributed by atoms with Crippen molar-refractivity contribution < 1.29 is 9.18 Å². The molecule has 1 saturated heterocycles. The van der Waals surface area contributed by atoms with E-state index in [9.17, 15) is 19.7 Å². The fourth-order valence-corrected chi connectivity index (χ4v) is 4.46. The maximum absolute atomic E-state index is 14.7. The van der Waals surface area contributed by atoms with Crippen molar-refractivity contribution in [2.45, 2.75) is 24.9 Å². The van der Waals surface area contributed by atoms with Crippen LogP contribution in [0.3, 0.4) is 0 Å². The average Bonchev–Trinajstić information content (AvgIpc) is 2.99. The van der Waals surface area contributed by atoms with Gasteiger partial charge in [-0.3, -0.25) is 4.79 Å². The number of anilines is 1. The molecule has 2 aromatic rings. The van der Waals surface area contributed by atoms with Gasteiger partial charge in [0.2, 0.25) is 0 Å². The molecule has 4 rings (SSSR count). The maximum atomic E-state index is 14.7. The normalized spacial score (nSPS) is 24.4. The van der Waals surface area contributed by atoms with E-state index in [1.165, 1.54) is 13.0 Å². The molecule has 0 bridgehead atoms. The number of nitriles is 2. The average molecular weight is 357 g/mol. The van der Waals surface area contributed by atoms with Gasteiger partial charge in [-0.25, -0.2) is 4.39 Å². The van der Waals surface area contributed by atoms with Crippen molar-refractivity contribution in [3.05, 3.63) is 71.6 Å². The molecule has 0 radical (unpaired) electrons. The number of para-hydroxylation sites is 1. The van der Waals surface area contributed by atoms with Crippen molar-refractivity contribution in [2.24, 2.45) is 5.41 Å². The molecule has 3 unspecified atom stereocenters. The zero-order chi connectivity index (χ0) is 19.2. The molecular formula is C22H16FN3O. The molecule has 1 fully saturated rings. The summed E-state index contributed by atoms with van der Waals surface area (Å²) in [6.07, 6.45) is 3.65. The standard InChI is InChI=1S/C22H16FN3O/c1-14(27)21-20(16-7-3-4-8-17(16)23)22(12-24,13-25)19-11-10-15-6-2-5-9-18(15)26(19)21/h2-11,19-21H,1H3. The van der Waals surface area contributed by atoms with Gasteiger partial charge in [-0.1, -0.05) is 48.6 Å². The Bertz CT molecular complexity index is 1030. The van der Waals surface area contributed by atoms with Crippen molar-refractivity contribution in [2.75, 3.05) is 4.90 Å². The van der Waals surface area contributed by atoms with Crippen molar-refractivity contribution in [1.82, 2.24) is 0 Å². The van der Waals surface area contributed by atoms with E-state index in [2.05, 4.69) is 12.1 Å². The molecule has 2 aliphatic rings. The molecule has 0 spiro atoms. The Kier molecular flexibility index (Phi) is 3.82. The van der Waals surface area contributed by atoms with Crippen molar-refractivity contribution in [3.8, 4) is 12.1 Å². The highest BCUT2D eigenvalue weighted by Gasteiger charge is 2.63. The molecule has 27 heavy (non-hydrogen) atoms. The van der Waals surface area contributed by atoms with Gasteiger partial charge in [-0.15, -0.1) is 0 Å². The first kappa shape index (κ1) is 17.0. The number of nitrogens with zero attached hydrogens (tertiary/aromatic N) is 3. The van der Waals surface area contributed by atoms with Crippen molar-refractivity contribution in [3.63, 3.8) is 0 Å². The lowest BCUT2D eigenvalue weighted by Crippen LogP contribution is -2.43. The van der Waals surface area contributed by atoms with Gasteiger partial charge < -0.3 is 4.90 Å². The molecule has 0 N–H and O–H groups in total. The second-order valence-electron chi connectivity index (χ2n) is 6.92. The van der Waals surface area contributed by atoms with E-state index < -0.39 is 29.2 Å². The lowest BCUT2D eigenvalue weighted by atomic mass is 9.69. The van der Waals surface area contributed by atoms with Gasteiger partial charge in [0.05, 0.1) is 24.2 Å². The second-order valence-corrected chi connectivity index (χ2v) is 6.92. The van der Waals surface area contributed by atoms with Crippen LogP contribution in [-0.2, 0) is 4.79 Å². The molecule has 5 heteroatoms. The number of rotatable bonds is 2. The quantitative estimate of drug-likeness (QED) is 0.819.